The lowest BCUT2D eigenvalue weighted by Crippen LogP contribution is -2.39. The summed E-state index contributed by atoms with van der Waals surface area (Å²) in [5, 5.41) is 18.7. The van der Waals surface area contributed by atoms with Crippen LogP contribution in [-0.4, -0.2) is 55.1 Å². The minimum Gasteiger partial charge on any atom is -0.396 e. The molecule has 0 aromatic carbocycles. The molecule has 2 N–H and O–H groups in total. The van der Waals surface area contributed by atoms with Crippen molar-refractivity contribution in [1.82, 2.24) is 0 Å². The number of ether oxygens (including phenoxy) is 3. The molecule has 0 spiro atoms. The summed E-state index contributed by atoms with van der Waals surface area (Å²) >= 11 is 0. The van der Waals surface area contributed by atoms with Gasteiger partial charge in [0.25, 0.3) is 0 Å². The molecular formula is C10H20O5. The van der Waals surface area contributed by atoms with E-state index in [-0.39, 0.29) is 25.2 Å². The quantitative estimate of drug-likeness (QED) is 0.604. The average molecular weight is 220 g/mol. The second kappa shape index (κ2) is 6.40. The number of rotatable bonds is 6. The van der Waals surface area contributed by atoms with E-state index in [0.29, 0.717) is 13.2 Å². The van der Waals surface area contributed by atoms with Gasteiger partial charge >= 0.3 is 0 Å². The van der Waals surface area contributed by atoms with Crippen molar-refractivity contribution in [1.29, 1.82) is 0 Å². The van der Waals surface area contributed by atoms with Gasteiger partial charge in [-0.2, -0.15) is 0 Å². The molecular weight excluding hydrogens is 200 g/mol. The van der Waals surface area contributed by atoms with E-state index in [0.717, 1.165) is 0 Å². The monoisotopic (exact) mass is 220 g/mol. The van der Waals surface area contributed by atoms with Gasteiger partial charge in [0.05, 0.1) is 19.3 Å². The van der Waals surface area contributed by atoms with Crippen LogP contribution in [0, 0.1) is 5.92 Å². The van der Waals surface area contributed by atoms with Gasteiger partial charge in [0.15, 0.2) is 6.29 Å². The van der Waals surface area contributed by atoms with Crippen LogP contribution in [0.4, 0.5) is 0 Å². The Labute approximate surface area is 89.9 Å². The van der Waals surface area contributed by atoms with E-state index in [2.05, 4.69) is 0 Å². The Morgan fingerprint density at radius 1 is 1.33 bits per heavy atom. The molecule has 0 unspecified atom stereocenters. The van der Waals surface area contributed by atoms with Crippen LogP contribution in [0.3, 0.4) is 0 Å². The van der Waals surface area contributed by atoms with Gasteiger partial charge in [-0.15, -0.1) is 0 Å². The van der Waals surface area contributed by atoms with Crippen LogP contribution in [0.2, 0.25) is 0 Å². The Hall–Kier alpha value is -0.200. The van der Waals surface area contributed by atoms with Gasteiger partial charge in [-0.3, -0.25) is 0 Å². The van der Waals surface area contributed by atoms with Crippen molar-refractivity contribution in [3.8, 4) is 0 Å². The van der Waals surface area contributed by atoms with Crippen molar-refractivity contribution in [2.75, 3.05) is 26.4 Å². The first-order valence-corrected chi connectivity index (χ1v) is 5.38. The smallest absolute Gasteiger partial charge is 0.184 e. The summed E-state index contributed by atoms with van der Waals surface area (Å²) < 4.78 is 16.1. The predicted molar refractivity (Wildman–Crippen MR) is 53.4 cm³/mol. The molecule has 1 heterocycles. The first kappa shape index (κ1) is 12.9. The first-order chi connectivity index (χ1) is 7.24. The van der Waals surface area contributed by atoms with Gasteiger partial charge in [0.1, 0.15) is 6.10 Å². The molecule has 1 saturated heterocycles. The second-order valence-corrected chi connectivity index (χ2v) is 3.49. The fraction of sp³-hybridized carbons (Fsp3) is 1.00. The van der Waals surface area contributed by atoms with Gasteiger partial charge in [-0.05, 0) is 13.8 Å². The van der Waals surface area contributed by atoms with Crippen LogP contribution >= 0.6 is 0 Å². The predicted octanol–water partition coefficient (Wildman–Crippen LogP) is -0.246. The van der Waals surface area contributed by atoms with E-state index in [1.54, 1.807) is 0 Å². The van der Waals surface area contributed by atoms with Crippen molar-refractivity contribution in [3.63, 3.8) is 0 Å². The summed E-state index contributed by atoms with van der Waals surface area (Å²) in [5.74, 6) is -0.326. The van der Waals surface area contributed by atoms with E-state index >= 15 is 0 Å². The van der Waals surface area contributed by atoms with E-state index in [9.17, 15) is 5.11 Å². The zero-order valence-corrected chi connectivity index (χ0v) is 9.26. The third kappa shape index (κ3) is 3.12. The van der Waals surface area contributed by atoms with Crippen molar-refractivity contribution in [2.45, 2.75) is 32.3 Å². The third-order valence-corrected chi connectivity index (χ3v) is 2.52. The molecule has 0 aliphatic carbocycles. The molecule has 1 fully saturated rings. The van der Waals surface area contributed by atoms with E-state index in [1.165, 1.54) is 0 Å². The van der Waals surface area contributed by atoms with Gasteiger partial charge in [-0.25, -0.2) is 0 Å². The van der Waals surface area contributed by atoms with Crippen LogP contribution in [-0.2, 0) is 14.2 Å². The Kier molecular flexibility index (Phi) is 5.49. The highest BCUT2D eigenvalue weighted by molar-refractivity contribution is 4.85. The molecule has 0 bridgehead atoms. The highest BCUT2D eigenvalue weighted by Crippen LogP contribution is 2.25. The summed E-state index contributed by atoms with van der Waals surface area (Å²) in [7, 11) is 0. The van der Waals surface area contributed by atoms with Gasteiger partial charge < -0.3 is 24.4 Å². The van der Waals surface area contributed by atoms with Gasteiger partial charge in [0, 0.05) is 19.1 Å². The van der Waals surface area contributed by atoms with Crippen LogP contribution in [0.5, 0.6) is 0 Å². The van der Waals surface area contributed by atoms with E-state index in [4.69, 9.17) is 19.3 Å². The Balaban J connectivity index is 2.57. The van der Waals surface area contributed by atoms with Crippen LogP contribution in [0.1, 0.15) is 13.8 Å². The van der Waals surface area contributed by atoms with Crippen molar-refractivity contribution in [3.05, 3.63) is 0 Å². The summed E-state index contributed by atoms with van der Waals surface area (Å²) in [6.45, 7) is 4.86. The summed E-state index contributed by atoms with van der Waals surface area (Å²) in [5.41, 5.74) is 0. The number of aliphatic hydroxyl groups excluding tert-OH is 2. The summed E-state index contributed by atoms with van der Waals surface area (Å²) in [6.07, 6.45) is -1.53. The van der Waals surface area contributed by atoms with Crippen molar-refractivity contribution < 1.29 is 24.4 Å². The molecule has 5 nitrogen and oxygen atoms in total. The number of hydrogen-bond acceptors (Lipinski definition) is 5. The van der Waals surface area contributed by atoms with E-state index in [1.807, 2.05) is 13.8 Å². The fourth-order valence-electron chi connectivity index (χ4n) is 1.75. The summed E-state index contributed by atoms with van der Waals surface area (Å²) in [6, 6.07) is 0. The first-order valence-electron chi connectivity index (χ1n) is 5.38. The Morgan fingerprint density at radius 3 is 2.40 bits per heavy atom. The van der Waals surface area contributed by atoms with Crippen molar-refractivity contribution in [2.24, 2.45) is 5.92 Å². The third-order valence-electron chi connectivity index (χ3n) is 2.52. The molecule has 1 rings (SSSR count). The van der Waals surface area contributed by atoms with E-state index < -0.39 is 12.4 Å². The van der Waals surface area contributed by atoms with Crippen LogP contribution in [0.25, 0.3) is 0 Å². The lowest BCUT2D eigenvalue weighted by molar-refractivity contribution is -0.202. The molecule has 0 radical (unpaired) electrons. The minimum atomic E-state index is -0.636. The molecule has 15 heavy (non-hydrogen) atoms. The van der Waals surface area contributed by atoms with Gasteiger partial charge in [-0.1, -0.05) is 0 Å². The zero-order valence-electron chi connectivity index (χ0n) is 9.26. The average Bonchev–Trinajstić information content (AvgIpc) is 2.59. The fourth-order valence-corrected chi connectivity index (χ4v) is 1.75. The molecule has 1 aliphatic rings. The second-order valence-electron chi connectivity index (χ2n) is 3.49. The van der Waals surface area contributed by atoms with Gasteiger partial charge in [0.2, 0.25) is 0 Å². The highest BCUT2D eigenvalue weighted by Gasteiger charge is 2.41. The standard InChI is InChI=1S/C10H20O5/c1-3-13-10(14-4-2)9-7(5-11)8(12)6-15-9/h7-12H,3-6H2,1-2H3/t7-,8+,9-/m1/s1. The maximum Gasteiger partial charge on any atom is 0.184 e. The maximum atomic E-state index is 9.55. The van der Waals surface area contributed by atoms with Crippen LogP contribution in [0.15, 0.2) is 0 Å². The minimum absolute atomic E-state index is 0.123. The molecule has 5 heteroatoms. The lowest BCUT2D eigenvalue weighted by Gasteiger charge is -2.26. The summed E-state index contributed by atoms with van der Waals surface area (Å²) in [4.78, 5) is 0. The largest absolute Gasteiger partial charge is 0.396 e. The lowest BCUT2D eigenvalue weighted by atomic mass is 10.00. The Bertz CT molecular complexity index is 169. The molecule has 0 saturated carbocycles. The molecule has 3 atom stereocenters. The molecule has 0 aromatic rings. The highest BCUT2D eigenvalue weighted by atomic mass is 16.7. The molecule has 0 aromatic heterocycles. The number of aliphatic hydroxyl groups is 2. The number of hydrogen-bond donors (Lipinski definition) is 2. The van der Waals surface area contributed by atoms with Crippen molar-refractivity contribution >= 4 is 0 Å². The SMILES string of the molecule is CCOC(OCC)[C@@H]1OC[C@H](O)[C@H]1CO. The maximum absolute atomic E-state index is 9.55. The Morgan fingerprint density at radius 2 is 1.93 bits per heavy atom. The normalized spacial score (nSPS) is 31.4. The topological polar surface area (TPSA) is 68.2 Å². The molecule has 0 amide bonds. The zero-order chi connectivity index (χ0) is 11.3. The van der Waals surface area contributed by atoms with Crippen LogP contribution < -0.4 is 0 Å². The molecule has 90 valence electrons. The molecule has 1 aliphatic heterocycles.